The van der Waals surface area contributed by atoms with Crippen molar-refractivity contribution in [3.05, 3.63) is 29.8 Å². The third-order valence-electron chi connectivity index (χ3n) is 2.56. The van der Waals surface area contributed by atoms with Gasteiger partial charge in [0.05, 0.1) is 18.4 Å². The summed E-state index contributed by atoms with van der Waals surface area (Å²) in [6, 6.07) is 6.59. The number of carbonyl (C=O) groups excluding carboxylic acids is 1. The van der Waals surface area contributed by atoms with Crippen molar-refractivity contribution >= 4 is 15.6 Å². The quantitative estimate of drug-likeness (QED) is 0.532. The van der Waals surface area contributed by atoms with E-state index in [0.717, 1.165) is 0 Å². The average Bonchev–Trinajstić information content (AvgIpc) is 2.38. The normalized spacial score (nSPS) is 11.3. The number of ether oxygens (including phenoxy) is 2. The second-order valence-electron chi connectivity index (χ2n) is 4.06. The van der Waals surface area contributed by atoms with Gasteiger partial charge in [-0.25, -0.2) is 8.42 Å². The second-order valence-corrected chi connectivity index (χ2v) is 6.25. The molecule has 0 atom stereocenters. The highest BCUT2D eigenvalue weighted by Crippen LogP contribution is 2.18. The molecule has 6 heteroatoms. The molecule has 0 aromatic heterocycles. The molecule has 0 N–H and O–H groups in total. The predicted octanol–water partition coefficient (Wildman–Crippen LogP) is 1.33. The van der Waals surface area contributed by atoms with Crippen molar-refractivity contribution in [2.75, 3.05) is 32.3 Å². The number of benzene rings is 1. The molecule has 0 aliphatic heterocycles. The highest BCUT2D eigenvalue weighted by Gasteiger charge is 2.20. The Hall–Kier alpha value is -1.40. The Kier molecular flexibility index (Phi) is 5.98. The van der Waals surface area contributed by atoms with Crippen LogP contribution in [0.2, 0.25) is 0 Å². The summed E-state index contributed by atoms with van der Waals surface area (Å²) >= 11 is 0. The van der Waals surface area contributed by atoms with Gasteiger partial charge in [0.15, 0.2) is 15.6 Å². The van der Waals surface area contributed by atoms with E-state index in [0.29, 0.717) is 24.3 Å². The van der Waals surface area contributed by atoms with Gasteiger partial charge in [-0.2, -0.15) is 0 Å². The minimum Gasteiger partial charge on any atom is -0.496 e. The lowest BCUT2D eigenvalue weighted by Crippen LogP contribution is -2.20. The third kappa shape index (κ3) is 5.00. The molecule has 106 valence electrons. The highest BCUT2D eigenvalue weighted by atomic mass is 32.2. The van der Waals surface area contributed by atoms with Crippen LogP contribution in [0, 0.1) is 0 Å². The fourth-order valence-corrected chi connectivity index (χ4v) is 2.90. The van der Waals surface area contributed by atoms with E-state index in [2.05, 4.69) is 0 Å². The van der Waals surface area contributed by atoms with E-state index >= 15 is 0 Å². The van der Waals surface area contributed by atoms with Crippen molar-refractivity contribution in [1.82, 2.24) is 0 Å². The fourth-order valence-electron chi connectivity index (χ4n) is 1.65. The molecule has 1 aromatic carbocycles. The van der Waals surface area contributed by atoms with Crippen LogP contribution >= 0.6 is 0 Å². The van der Waals surface area contributed by atoms with Crippen molar-refractivity contribution in [2.24, 2.45) is 0 Å². The summed E-state index contributed by atoms with van der Waals surface area (Å²) in [5, 5.41) is 0. The first kappa shape index (κ1) is 15.7. The van der Waals surface area contributed by atoms with Gasteiger partial charge >= 0.3 is 0 Å². The third-order valence-corrected chi connectivity index (χ3v) is 4.17. The number of ketones is 1. The molecule has 0 heterocycles. The molecular weight excluding hydrogens is 268 g/mol. The lowest BCUT2D eigenvalue weighted by atomic mass is 10.1. The van der Waals surface area contributed by atoms with Gasteiger partial charge in [-0.3, -0.25) is 4.79 Å². The molecule has 0 amide bonds. The largest absolute Gasteiger partial charge is 0.496 e. The Balaban J connectivity index is 2.73. The minimum atomic E-state index is -3.41. The number of Topliss-reactive ketones (excluding diaryl/α,β-unsaturated/α-hetero) is 1. The van der Waals surface area contributed by atoms with Crippen molar-refractivity contribution in [3.63, 3.8) is 0 Å². The van der Waals surface area contributed by atoms with Crippen molar-refractivity contribution < 1.29 is 22.7 Å². The number of rotatable bonds is 8. The number of hydrogen-bond acceptors (Lipinski definition) is 5. The molecule has 0 radical (unpaired) electrons. The Labute approximate surface area is 113 Å². The van der Waals surface area contributed by atoms with Crippen LogP contribution in [0.1, 0.15) is 16.8 Å². The van der Waals surface area contributed by atoms with Gasteiger partial charge in [-0.05, 0) is 18.6 Å². The van der Waals surface area contributed by atoms with Crippen molar-refractivity contribution in [3.8, 4) is 5.75 Å². The van der Waals surface area contributed by atoms with Gasteiger partial charge in [0.25, 0.3) is 0 Å². The van der Waals surface area contributed by atoms with Crippen LogP contribution in [-0.4, -0.2) is 46.5 Å². The number of hydrogen-bond donors (Lipinski definition) is 0. The van der Waals surface area contributed by atoms with Gasteiger partial charge in [-0.1, -0.05) is 12.1 Å². The van der Waals surface area contributed by atoms with Crippen LogP contribution in [0.25, 0.3) is 0 Å². The number of sulfone groups is 1. The summed E-state index contributed by atoms with van der Waals surface area (Å²) in [6.07, 6.45) is 0.387. The van der Waals surface area contributed by atoms with Crippen molar-refractivity contribution in [2.45, 2.75) is 6.42 Å². The summed E-state index contributed by atoms with van der Waals surface area (Å²) in [4.78, 5) is 12.0. The van der Waals surface area contributed by atoms with E-state index in [9.17, 15) is 13.2 Å². The molecule has 0 aliphatic carbocycles. The fraction of sp³-hybridized carbons (Fsp3) is 0.462. The molecule has 0 fully saturated rings. The Morgan fingerprint density at radius 1 is 1.21 bits per heavy atom. The van der Waals surface area contributed by atoms with Crippen LogP contribution in [0.3, 0.4) is 0 Å². The molecule has 0 unspecified atom stereocenters. The molecule has 1 aromatic rings. The minimum absolute atomic E-state index is 0.0538. The van der Waals surface area contributed by atoms with Gasteiger partial charge in [0.2, 0.25) is 0 Å². The summed E-state index contributed by atoms with van der Waals surface area (Å²) in [5.41, 5.74) is 0.292. The highest BCUT2D eigenvalue weighted by molar-refractivity contribution is 7.92. The van der Waals surface area contributed by atoms with Gasteiger partial charge < -0.3 is 9.47 Å². The van der Waals surface area contributed by atoms with Gasteiger partial charge in [-0.15, -0.1) is 0 Å². The first-order valence-corrected chi connectivity index (χ1v) is 7.68. The summed E-state index contributed by atoms with van der Waals surface area (Å²) < 4.78 is 33.4. The molecule has 19 heavy (non-hydrogen) atoms. The lowest BCUT2D eigenvalue weighted by molar-refractivity contribution is 0.101. The average molecular weight is 286 g/mol. The Morgan fingerprint density at radius 3 is 2.53 bits per heavy atom. The second kappa shape index (κ2) is 7.25. The van der Waals surface area contributed by atoms with E-state index < -0.39 is 21.4 Å². The maximum absolute atomic E-state index is 12.0. The zero-order chi connectivity index (χ0) is 14.3. The summed E-state index contributed by atoms with van der Waals surface area (Å²) in [5.74, 6) is -0.617. The van der Waals surface area contributed by atoms with Crippen molar-refractivity contribution in [1.29, 1.82) is 0 Å². The molecule has 0 spiro atoms. The van der Waals surface area contributed by atoms with Gasteiger partial charge in [0.1, 0.15) is 11.5 Å². The predicted molar refractivity (Wildman–Crippen MR) is 72.5 cm³/mol. The first-order valence-electron chi connectivity index (χ1n) is 5.86. The monoisotopic (exact) mass is 286 g/mol. The maximum atomic E-state index is 12.0. The Morgan fingerprint density at radius 2 is 1.89 bits per heavy atom. The van der Waals surface area contributed by atoms with E-state index in [-0.39, 0.29) is 5.75 Å². The SMILES string of the molecule is COCCCS(=O)(=O)CC(=O)c1ccccc1OC. The number of methoxy groups -OCH3 is 2. The van der Waals surface area contributed by atoms with E-state index in [4.69, 9.17) is 9.47 Å². The van der Waals surface area contributed by atoms with Crippen LogP contribution in [0.5, 0.6) is 5.75 Å². The van der Waals surface area contributed by atoms with Crippen LogP contribution in [0.4, 0.5) is 0 Å². The smallest absolute Gasteiger partial charge is 0.181 e. The van der Waals surface area contributed by atoms with E-state index in [1.807, 2.05) is 0 Å². The van der Waals surface area contributed by atoms with Crippen LogP contribution < -0.4 is 4.74 Å². The van der Waals surface area contributed by atoms with Crippen LogP contribution in [0.15, 0.2) is 24.3 Å². The zero-order valence-electron chi connectivity index (χ0n) is 11.1. The molecule has 1 rings (SSSR count). The van der Waals surface area contributed by atoms with Crippen LogP contribution in [-0.2, 0) is 14.6 Å². The molecular formula is C13H18O5S. The Bertz CT molecular complexity index is 522. The molecule has 0 bridgehead atoms. The maximum Gasteiger partial charge on any atom is 0.181 e. The standard InChI is InChI=1S/C13H18O5S/c1-17-8-5-9-19(15,16)10-12(14)11-6-3-4-7-13(11)18-2/h3-4,6-7H,5,8-10H2,1-2H3. The van der Waals surface area contributed by atoms with E-state index in [1.54, 1.807) is 24.3 Å². The van der Waals surface area contributed by atoms with Gasteiger partial charge in [0, 0.05) is 13.7 Å². The number of carbonyl (C=O) groups is 1. The lowest BCUT2D eigenvalue weighted by Gasteiger charge is -2.07. The zero-order valence-corrected chi connectivity index (χ0v) is 11.9. The first-order chi connectivity index (χ1) is 9.00. The molecule has 5 nitrogen and oxygen atoms in total. The molecule has 0 aliphatic rings. The number of para-hydroxylation sites is 1. The molecule has 0 saturated carbocycles. The molecule has 0 saturated heterocycles. The summed E-state index contributed by atoms with van der Waals surface area (Å²) in [6.45, 7) is 0.363. The summed E-state index contributed by atoms with van der Waals surface area (Å²) in [7, 11) is -0.461. The van der Waals surface area contributed by atoms with E-state index in [1.165, 1.54) is 14.2 Å². The topological polar surface area (TPSA) is 69.7 Å².